The Morgan fingerprint density at radius 1 is 1.05 bits per heavy atom. The lowest BCUT2D eigenvalue weighted by molar-refractivity contribution is -0.138. The molecule has 1 saturated heterocycles. The molecule has 0 radical (unpaired) electrons. The van der Waals surface area contributed by atoms with Gasteiger partial charge in [0.15, 0.2) is 11.8 Å². The van der Waals surface area contributed by atoms with Gasteiger partial charge in [-0.2, -0.15) is 5.10 Å². The molecular formula is C28H27F2N7O2. The molecule has 5 aromatic rings. The van der Waals surface area contributed by atoms with E-state index in [1.54, 1.807) is 33.8 Å². The van der Waals surface area contributed by atoms with E-state index in [4.69, 9.17) is 9.47 Å². The molecule has 39 heavy (non-hydrogen) atoms. The SMILES string of the molecule is CCN1CC[C@H](Oc2cccc3ncnc(Nc4ccc(Oc5ccn6ncnc6c5)c(C)c4)c23)C(F)(F)C1. The monoisotopic (exact) mass is 531 g/mol. The third-order valence-corrected chi connectivity index (χ3v) is 6.87. The molecule has 9 nitrogen and oxygen atoms in total. The standard InChI is InChI=1S/C28H27F2N7O2/c1-3-36-11-10-24(28(29,30)15-36)39-23-6-4-5-21-26(23)27(33-16-31-21)35-19-7-8-22(18(2)13-19)38-20-9-12-37-25(14-20)32-17-34-37/h4-9,12-14,16-17,24H,3,10-11,15H2,1-2H3,(H,31,33,35)/t24-/m0/s1. The van der Waals surface area contributed by atoms with E-state index in [-0.39, 0.29) is 13.0 Å². The number of rotatable bonds is 7. The Kier molecular flexibility index (Phi) is 6.43. The van der Waals surface area contributed by atoms with E-state index in [2.05, 4.69) is 25.4 Å². The smallest absolute Gasteiger partial charge is 0.296 e. The molecule has 1 aliphatic rings. The van der Waals surface area contributed by atoms with Gasteiger partial charge in [0.1, 0.15) is 35.7 Å². The van der Waals surface area contributed by atoms with Crippen LogP contribution in [0, 0.1) is 6.92 Å². The number of nitrogens with one attached hydrogen (secondary N) is 1. The summed E-state index contributed by atoms with van der Waals surface area (Å²) in [6.45, 7) is 4.65. The molecule has 0 spiro atoms. The van der Waals surface area contributed by atoms with Crippen molar-refractivity contribution in [1.82, 2.24) is 29.5 Å². The third-order valence-electron chi connectivity index (χ3n) is 6.87. The highest BCUT2D eigenvalue weighted by Crippen LogP contribution is 2.37. The fraction of sp³-hybridized carbons (Fsp3) is 0.286. The van der Waals surface area contributed by atoms with Crippen molar-refractivity contribution in [3.63, 3.8) is 0 Å². The zero-order chi connectivity index (χ0) is 27.0. The minimum absolute atomic E-state index is 0.234. The number of hydrogen-bond donors (Lipinski definition) is 1. The molecule has 0 saturated carbocycles. The van der Waals surface area contributed by atoms with Gasteiger partial charge >= 0.3 is 0 Å². The van der Waals surface area contributed by atoms with Gasteiger partial charge < -0.3 is 14.8 Å². The van der Waals surface area contributed by atoms with Gasteiger partial charge in [0.05, 0.1) is 17.4 Å². The van der Waals surface area contributed by atoms with Crippen LogP contribution in [0.4, 0.5) is 20.3 Å². The Morgan fingerprint density at radius 3 is 2.77 bits per heavy atom. The molecule has 1 aliphatic heterocycles. The lowest BCUT2D eigenvalue weighted by Crippen LogP contribution is -2.53. The predicted octanol–water partition coefficient (Wildman–Crippen LogP) is 5.63. The quantitative estimate of drug-likeness (QED) is 0.289. The molecule has 4 heterocycles. The molecule has 0 bridgehead atoms. The van der Waals surface area contributed by atoms with E-state index >= 15 is 0 Å². The Balaban J connectivity index is 1.25. The van der Waals surface area contributed by atoms with Crippen LogP contribution in [0.1, 0.15) is 18.9 Å². The van der Waals surface area contributed by atoms with Crippen molar-refractivity contribution >= 4 is 28.1 Å². The summed E-state index contributed by atoms with van der Waals surface area (Å²) in [5.41, 5.74) is 2.92. The van der Waals surface area contributed by atoms with Gasteiger partial charge in [0.25, 0.3) is 5.92 Å². The number of piperidine rings is 1. The highest BCUT2D eigenvalue weighted by atomic mass is 19.3. The maximum absolute atomic E-state index is 14.9. The van der Waals surface area contributed by atoms with Crippen molar-refractivity contribution in [3.8, 4) is 17.2 Å². The average Bonchev–Trinajstić information content (AvgIpc) is 3.39. The average molecular weight is 532 g/mol. The molecule has 1 fully saturated rings. The van der Waals surface area contributed by atoms with Crippen LogP contribution in [-0.4, -0.2) is 61.1 Å². The minimum Gasteiger partial charge on any atom is -0.483 e. The van der Waals surface area contributed by atoms with Crippen molar-refractivity contribution in [2.24, 2.45) is 0 Å². The largest absolute Gasteiger partial charge is 0.483 e. The number of pyridine rings is 1. The van der Waals surface area contributed by atoms with E-state index in [1.807, 2.05) is 44.2 Å². The van der Waals surface area contributed by atoms with Crippen LogP contribution in [0.5, 0.6) is 17.2 Å². The van der Waals surface area contributed by atoms with Crippen LogP contribution >= 0.6 is 0 Å². The Morgan fingerprint density at radius 2 is 1.95 bits per heavy atom. The van der Waals surface area contributed by atoms with Gasteiger partial charge in [-0.1, -0.05) is 13.0 Å². The maximum Gasteiger partial charge on any atom is 0.296 e. The number of aryl methyl sites for hydroxylation is 1. The molecule has 0 unspecified atom stereocenters. The number of halogens is 2. The van der Waals surface area contributed by atoms with Crippen LogP contribution in [0.2, 0.25) is 0 Å². The van der Waals surface area contributed by atoms with Crippen LogP contribution in [0.15, 0.2) is 67.4 Å². The van der Waals surface area contributed by atoms with E-state index in [0.29, 0.717) is 52.7 Å². The second kappa shape index (κ2) is 10.1. The number of alkyl halides is 2. The molecule has 1 N–H and O–H groups in total. The number of benzene rings is 2. The fourth-order valence-electron chi connectivity index (χ4n) is 4.80. The highest BCUT2D eigenvalue weighted by Gasteiger charge is 2.46. The zero-order valence-electron chi connectivity index (χ0n) is 21.5. The normalized spacial score (nSPS) is 17.4. The predicted molar refractivity (Wildman–Crippen MR) is 143 cm³/mol. The second-order valence-corrected chi connectivity index (χ2v) is 9.53. The number of anilines is 2. The number of fused-ring (bicyclic) bond motifs is 2. The summed E-state index contributed by atoms with van der Waals surface area (Å²) in [4.78, 5) is 14.7. The summed E-state index contributed by atoms with van der Waals surface area (Å²) < 4.78 is 43.5. The number of hydrogen-bond acceptors (Lipinski definition) is 8. The topological polar surface area (TPSA) is 89.7 Å². The number of likely N-dealkylation sites (tertiary alicyclic amines) is 1. The second-order valence-electron chi connectivity index (χ2n) is 9.53. The maximum atomic E-state index is 14.9. The van der Waals surface area contributed by atoms with E-state index in [1.165, 1.54) is 12.7 Å². The molecule has 11 heteroatoms. The van der Waals surface area contributed by atoms with E-state index < -0.39 is 12.0 Å². The van der Waals surface area contributed by atoms with Crippen LogP contribution in [-0.2, 0) is 0 Å². The molecule has 2 aromatic carbocycles. The van der Waals surface area contributed by atoms with Crippen LogP contribution < -0.4 is 14.8 Å². The molecule has 0 aliphatic carbocycles. The third kappa shape index (κ3) is 5.05. The number of ether oxygens (including phenoxy) is 2. The summed E-state index contributed by atoms with van der Waals surface area (Å²) in [5, 5.41) is 7.95. The van der Waals surface area contributed by atoms with Crippen molar-refractivity contribution in [3.05, 3.63) is 72.9 Å². The van der Waals surface area contributed by atoms with E-state index in [9.17, 15) is 8.78 Å². The summed E-state index contributed by atoms with van der Waals surface area (Å²) in [6, 6.07) is 14.5. The first-order chi connectivity index (χ1) is 18.9. The lowest BCUT2D eigenvalue weighted by Gasteiger charge is -2.37. The molecular weight excluding hydrogens is 504 g/mol. The molecule has 3 aromatic heterocycles. The first-order valence-electron chi connectivity index (χ1n) is 12.7. The van der Waals surface area contributed by atoms with Gasteiger partial charge in [-0.25, -0.2) is 28.2 Å². The van der Waals surface area contributed by atoms with Crippen molar-refractivity contribution < 1.29 is 18.3 Å². The Labute approximate surface area is 223 Å². The van der Waals surface area contributed by atoms with Crippen molar-refractivity contribution in [2.45, 2.75) is 32.3 Å². The van der Waals surface area contributed by atoms with Crippen LogP contribution in [0.3, 0.4) is 0 Å². The van der Waals surface area contributed by atoms with Crippen LogP contribution in [0.25, 0.3) is 16.6 Å². The van der Waals surface area contributed by atoms with Gasteiger partial charge in [-0.05, 0) is 55.4 Å². The van der Waals surface area contributed by atoms with Gasteiger partial charge in [-0.15, -0.1) is 0 Å². The number of aromatic nitrogens is 5. The van der Waals surface area contributed by atoms with E-state index in [0.717, 1.165) is 11.3 Å². The number of nitrogens with zero attached hydrogens (tertiary/aromatic N) is 6. The summed E-state index contributed by atoms with van der Waals surface area (Å²) in [5.74, 6) is -0.849. The molecule has 6 rings (SSSR count). The van der Waals surface area contributed by atoms with Gasteiger partial charge in [0, 0.05) is 30.9 Å². The van der Waals surface area contributed by atoms with Gasteiger partial charge in [-0.3, -0.25) is 4.90 Å². The minimum atomic E-state index is -2.97. The van der Waals surface area contributed by atoms with Crippen molar-refractivity contribution in [1.29, 1.82) is 0 Å². The molecule has 0 amide bonds. The Bertz CT molecular complexity index is 1640. The summed E-state index contributed by atoms with van der Waals surface area (Å²) in [7, 11) is 0. The molecule has 1 atom stereocenters. The first-order valence-corrected chi connectivity index (χ1v) is 12.7. The fourth-order valence-corrected chi connectivity index (χ4v) is 4.80. The highest BCUT2D eigenvalue weighted by molar-refractivity contribution is 5.95. The van der Waals surface area contributed by atoms with Gasteiger partial charge in [0.2, 0.25) is 0 Å². The summed E-state index contributed by atoms with van der Waals surface area (Å²) in [6.07, 6.45) is 3.71. The summed E-state index contributed by atoms with van der Waals surface area (Å²) >= 11 is 0. The van der Waals surface area contributed by atoms with Crippen molar-refractivity contribution in [2.75, 3.05) is 25.0 Å². The zero-order valence-corrected chi connectivity index (χ0v) is 21.5. The first kappa shape index (κ1) is 24.9. The Hall–Kier alpha value is -4.38. The lowest BCUT2D eigenvalue weighted by atomic mass is 10.0. The molecule has 200 valence electrons.